The third kappa shape index (κ3) is 4.06. The zero-order valence-electron chi connectivity index (χ0n) is 12.9. The van der Waals surface area contributed by atoms with Crippen molar-refractivity contribution in [3.05, 3.63) is 36.7 Å². The summed E-state index contributed by atoms with van der Waals surface area (Å²) < 4.78 is 11.2. The molecule has 0 saturated carbocycles. The molecule has 0 amide bonds. The third-order valence-electron chi connectivity index (χ3n) is 3.10. The van der Waals surface area contributed by atoms with E-state index in [0.717, 1.165) is 33.9 Å². The lowest BCUT2D eigenvalue weighted by atomic mass is 10.2. The van der Waals surface area contributed by atoms with E-state index in [0.29, 0.717) is 13.2 Å². The van der Waals surface area contributed by atoms with E-state index in [9.17, 15) is 0 Å². The SMILES string of the molecule is CCOc1ccc(-c2nc3cnccc3[nH]2)cc1OCC.Cl.Cl. The van der Waals surface area contributed by atoms with E-state index >= 15 is 0 Å². The zero-order valence-corrected chi connectivity index (χ0v) is 14.5. The third-order valence-corrected chi connectivity index (χ3v) is 3.10. The second-order valence-electron chi connectivity index (χ2n) is 4.51. The van der Waals surface area contributed by atoms with Crippen LogP contribution in [0.25, 0.3) is 22.4 Å². The van der Waals surface area contributed by atoms with Crippen LogP contribution in [0.4, 0.5) is 0 Å². The van der Waals surface area contributed by atoms with Crippen LogP contribution >= 0.6 is 24.8 Å². The van der Waals surface area contributed by atoms with E-state index < -0.39 is 0 Å². The summed E-state index contributed by atoms with van der Waals surface area (Å²) in [5, 5.41) is 0. The fourth-order valence-corrected chi connectivity index (χ4v) is 2.19. The number of halogens is 2. The van der Waals surface area contributed by atoms with Crippen molar-refractivity contribution in [3.63, 3.8) is 0 Å². The number of nitrogens with zero attached hydrogens (tertiary/aromatic N) is 2. The molecule has 7 heteroatoms. The van der Waals surface area contributed by atoms with Crippen LogP contribution in [0.15, 0.2) is 36.7 Å². The highest BCUT2D eigenvalue weighted by atomic mass is 35.5. The van der Waals surface area contributed by atoms with Crippen LogP contribution < -0.4 is 9.47 Å². The zero-order chi connectivity index (χ0) is 14.7. The van der Waals surface area contributed by atoms with Crippen molar-refractivity contribution in [1.82, 2.24) is 15.0 Å². The Balaban J connectivity index is 0.00000132. The molecule has 3 aromatic rings. The van der Waals surface area contributed by atoms with Crippen molar-refractivity contribution >= 4 is 35.8 Å². The minimum atomic E-state index is 0. The molecular weight excluding hydrogens is 337 g/mol. The Morgan fingerprint density at radius 2 is 1.74 bits per heavy atom. The number of ether oxygens (including phenoxy) is 2. The average Bonchev–Trinajstić information content (AvgIpc) is 2.93. The maximum Gasteiger partial charge on any atom is 0.161 e. The average molecular weight is 356 g/mol. The Bertz CT molecular complexity index is 729. The van der Waals surface area contributed by atoms with Crippen LogP contribution in [0.1, 0.15) is 13.8 Å². The molecule has 0 aliphatic heterocycles. The summed E-state index contributed by atoms with van der Waals surface area (Å²) >= 11 is 0. The molecule has 1 aromatic carbocycles. The normalized spacial score (nSPS) is 9.83. The van der Waals surface area contributed by atoms with Gasteiger partial charge in [-0.1, -0.05) is 0 Å². The maximum atomic E-state index is 5.65. The van der Waals surface area contributed by atoms with Gasteiger partial charge in [-0.2, -0.15) is 0 Å². The second-order valence-corrected chi connectivity index (χ2v) is 4.51. The fraction of sp³-hybridized carbons (Fsp3) is 0.250. The molecule has 0 saturated heterocycles. The first-order valence-corrected chi connectivity index (χ1v) is 7.01. The number of rotatable bonds is 5. The van der Waals surface area contributed by atoms with Crippen molar-refractivity contribution in [2.75, 3.05) is 13.2 Å². The molecule has 0 aliphatic carbocycles. The molecule has 0 spiro atoms. The predicted molar refractivity (Wildman–Crippen MR) is 96.2 cm³/mol. The highest BCUT2D eigenvalue weighted by Crippen LogP contribution is 2.32. The molecule has 3 rings (SSSR count). The van der Waals surface area contributed by atoms with Gasteiger partial charge in [-0.3, -0.25) is 4.98 Å². The fourth-order valence-electron chi connectivity index (χ4n) is 2.19. The first-order chi connectivity index (χ1) is 10.3. The lowest BCUT2D eigenvalue weighted by Crippen LogP contribution is -1.98. The summed E-state index contributed by atoms with van der Waals surface area (Å²) in [5.74, 6) is 2.28. The van der Waals surface area contributed by atoms with Crippen LogP contribution in [0, 0.1) is 0 Å². The van der Waals surface area contributed by atoms with E-state index in [1.807, 2.05) is 38.1 Å². The van der Waals surface area contributed by atoms with Crippen LogP contribution in [0.3, 0.4) is 0 Å². The molecule has 23 heavy (non-hydrogen) atoms. The first-order valence-electron chi connectivity index (χ1n) is 7.01. The lowest BCUT2D eigenvalue weighted by Gasteiger charge is -2.11. The Hall–Kier alpha value is -1.98. The number of fused-ring (bicyclic) bond motifs is 1. The molecule has 0 unspecified atom stereocenters. The van der Waals surface area contributed by atoms with Crippen molar-refractivity contribution in [2.24, 2.45) is 0 Å². The van der Waals surface area contributed by atoms with Gasteiger partial charge in [0.25, 0.3) is 0 Å². The summed E-state index contributed by atoms with van der Waals surface area (Å²) in [5.41, 5.74) is 2.77. The maximum absolute atomic E-state index is 5.65. The van der Waals surface area contributed by atoms with Crippen molar-refractivity contribution in [1.29, 1.82) is 0 Å². The molecule has 0 aliphatic rings. The van der Waals surface area contributed by atoms with Gasteiger partial charge in [-0.15, -0.1) is 24.8 Å². The van der Waals surface area contributed by atoms with Gasteiger partial charge in [0.05, 0.1) is 24.9 Å². The monoisotopic (exact) mass is 355 g/mol. The molecule has 0 bridgehead atoms. The summed E-state index contributed by atoms with van der Waals surface area (Å²) in [6.45, 7) is 5.11. The lowest BCUT2D eigenvalue weighted by molar-refractivity contribution is 0.288. The van der Waals surface area contributed by atoms with Gasteiger partial charge in [0, 0.05) is 11.8 Å². The first kappa shape index (κ1) is 19.1. The number of hydrogen-bond acceptors (Lipinski definition) is 4. The number of hydrogen-bond donors (Lipinski definition) is 1. The number of aromatic nitrogens is 3. The van der Waals surface area contributed by atoms with Gasteiger partial charge in [0.2, 0.25) is 0 Å². The van der Waals surface area contributed by atoms with Crippen molar-refractivity contribution in [3.8, 4) is 22.9 Å². The molecule has 0 fully saturated rings. The van der Waals surface area contributed by atoms with E-state index in [4.69, 9.17) is 9.47 Å². The number of nitrogens with one attached hydrogen (secondary N) is 1. The van der Waals surface area contributed by atoms with Crippen LogP contribution in [-0.2, 0) is 0 Å². The molecule has 1 N–H and O–H groups in total. The quantitative estimate of drug-likeness (QED) is 0.742. The largest absolute Gasteiger partial charge is 0.490 e. The predicted octanol–water partition coefficient (Wildman–Crippen LogP) is 4.27. The molecule has 2 aromatic heterocycles. The Morgan fingerprint density at radius 3 is 2.43 bits per heavy atom. The highest BCUT2D eigenvalue weighted by molar-refractivity contribution is 5.85. The molecule has 124 valence electrons. The Kier molecular flexibility index (Phi) is 7.13. The summed E-state index contributed by atoms with van der Waals surface area (Å²) in [4.78, 5) is 11.9. The van der Waals surface area contributed by atoms with Gasteiger partial charge in [-0.25, -0.2) is 4.98 Å². The minimum absolute atomic E-state index is 0. The van der Waals surface area contributed by atoms with E-state index in [1.165, 1.54) is 0 Å². The Labute approximate surface area is 147 Å². The molecule has 5 nitrogen and oxygen atoms in total. The van der Waals surface area contributed by atoms with Crippen LogP contribution in [0.5, 0.6) is 11.5 Å². The number of H-pyrrole nitrogens is 1. The summed E-state index contributed by atoms with van der Waals surface area (Å²) in [6, 6.07) is 7.73. The second kappa shape index (κ2) is 8.60. The van der Waals surface area contributed by atoms with Gasteiger partial charge >= 0.3 is 0 Å². The van der Waals surface area contributed by atoms with E-state index in [2.05, 4.69) is 15.0 Å². The standard InChI is InChI=1S/C16H17N3O2.2ClH/c1-3-20-14-6-5-11(9-15(14)21-4-2)16-18-12-7-8-17-10-13(12)19-16;;/h5-10H,3-4H2,1-2H3,(H,18,19);2*1H. The van der Waals surface area contributed by atoms with Gasteiger partial charge in [0.15, 0.2) is 11.5 Å². The van der Waals surface area contributed by atoms with Crippen molar-refractivity contribution in [2.45, 2.75) is 13.8 Å². The highest BCUT2D eigenvalue weighted by Gasteiger charge is 2.10. The molecule has 0 atom stereocenters. The topological polar surface area (TPSA) is 60.0 Å². The number of aromatic amines is 1. The molecule has 0 radical (unpaired) electrons. The molecule has 2 heterocycles. The van der Waals surface area contributed by atoms with Gasteiger partial charge < -0.3 is 14.5 Å². The van der Waals surface area contributed by atoms with Crippen LogP contribution in [0.2, 0.25) is 0 Å². The summed E-state index contributed by atoms with van der Waals surface area (Å²) in [7, 11) is 0. The van der Waals surface area contributed by atoms with Crippen LogP contribution in [-0.4, -0.2) is 28.2 Å². The minimum Gasteiger partial charge on any atom is -0.490 e. The Morgan fingerprint density at radius 1 is 1.00 bits per heavy atom. The number of benzene rings is 1. The summed E-state index contributed by atoms with van der Waals surface area (Å²) in [6.07, 6.45) is 3.49. The van der Waals surface area contributed by atoms with Gasteiger partial charge in [0.1, 0.15) is 11.3 Å². The number of imidazole rings is 1. The van der Waals surface area contributed by atoms with E-state index in [-0.39, 0.29) is 24.8 Å². The molecular formula is C16H19Cl2N3O2. The van der Waals surface area contributed by atoms with Gasteiger partial charge in [-0.05, 0) is 38.1 Å². The number of pyridine rings is 1. The van der Waals surface area contributed by atoms with E-state index in [1.54, 1.807) is 12.4 Å². The smallest absolute Gasteiger partial charge is 0.161 e. The van der Waals surface area contributed by atoms with Crippen molar-refractivity contribution < 1.29 is 9.47 Å².